The Balaban J connectivity index is 3.19. The van der Waals surface area contributed by atoms with E-state index < -0.39 is 0 Å². The molecule has 1 aromatic rings. The van der Waals surface area contributed by atoms with E-state index in [9.17, 15) is 0 Å². The minimum absolute atomic E-state index is 0.805. The van der Waals surface area contributed by atoms with Crippen molar-refractivity contribution in [1.82, 2.24) is 0 Å². The lowest BCUT2D eigenvalue weighted by atomic mass is 10.1. The van der Waals surface area contributed by atoms with E-state index in [1.165, 1.54) is 6.21 Å². The van der Waals surface area contributed by atoms with Crippen molar-refractivity contribution in [3.05, 3.63) is 35.9 Å². The number of rotatable bonds is 3. The van der Waals surface area contributed by atoms with Crippen LogP contribution in [-0.4, -0.2) is 13.3 Å². The fourth-order valence-electron chi connectivity index (χ4n) is 1.20. The number of ether oxygens (including phenoxy) is 1. The Morgan fingerprint density at radius 2 is 2.08 bits per heavy atom. The van der Waals surface area contributed by atoms with Crippen molar-refractivity contribution in [3.8, 4) is 5.75 Å². The first kappa shape index (κ1) is 9.52. The number of methoxy groups -OCH3 is 1. The first-order valence-electron chi connectivity index (χ1n) is 4.13. The van der Waals surface area contributed by atoms with Crippen molar-refractivity contribution >= 4 is 11.8 Å². The summed E-state index contributed by atoms with van der Waals surface area (Å²) in [6.45, 7) is 1.91. The molecule has 0 atom stereocenters. The van der Waals surface area contributed by atoms with E-state index >= 15 is 0 Å². The van der Waals surface area contributed by atoms with Crippen LogP contribution in [-0.2, 0) is 0 Å². The van der Waals surface area contributed by atoms with E-state index in [1.54, 1.807) is 7.11 Å². The molecule has 1 aromatic carbocycles. The summed E-state index contributed by atoms with van der Waals surface area (Å²) in [7, 11) is 1.63. The minimum atomic E-state index is 0.805. The summed E-state index contributed by atoms with van der Waals surface area (Å²) < 4.78 is 5.19. The average molecular weight is 175 g/mol. The average Bonchev–Trinajstić information content (AvgIpc) is 2.20. The summed E-state index contributed by atoms with van der Waals surface area (Å²) in [5.41, 5.74) is 1.83. The largest absolute Gasteiger partial charge is 0.496 e. The summed E-state index contributed by atoms with van der Waals surface area (Å²) in [4.78, 5) is 0. The van der Waals surface area contributed by atoms with Gasteiger partial charge in [-0.05, 0) is 18.6 Å². The summed E-state index contributed by atoms with van der Waals surface area (Å²) in [5.74, 6) is 0.805. The van der Waals surface area contributed by atoms with Crippen molar-refractivity contribution in [3.63, 3.8) is 0 Å². The van der Waals surface area contributed by atoms with Gasteiger partial charge in [-0.25, -0.2) is 0 Å². The molecular weight excluding hydrogens is 162 g/mol. The molecule has 0 aliphatic heterocycles. The Labute approximate surface area is 78.4 Å². The molecule has 13 heavy (non-hydrogen) atoms. The first-order valence-corrected chi connectivity index (χ1v) is 4.13. The Kier molecular flexibility index (Phi) is 3.26. The number of hydrogen-bond acceptors (Lipinski definition) is 2. The lowest BCUT2D eigenvalue weighted by Gasteiger charge is -2.07. The highest BCUT2D eigenvalue weighted by atomic mass is 16.5. The summed E-state index contributed by atoms with van der Waals surface area (Å²) in [6, 6.07) is 7.69. The fraction of sp³-hybridized carbons (Fsp3) is 0.182. The highest BCUT2D eigenvalue weighted by Gasteiger charge is 2.03. The second-order valence-electron chi connectivity index (χ2n) is 2.59. The van der Waals surface area contributed by atoms with Crippen LogP contribution in [0.2, 0.25) is 0 Å². The fourth-order valence-corrected chi connectivity index (χ4v) is 1.20. The summed E-state index contributed by atoms with van der Waals surface area (Å²) in [5, 5.41) is 7.22. The molecule has 0 spiro atoms. The molecule has 0 unspecified atom stereocenters. The standard InChI is InChI=1S/C11H13NO/c1-3-9(8-12)10-6-4-5-7-11(10)13-2/h3-8,12H,1-2H3/b9-3+,12-8?. The van der Waals surface area contributed by atoms with Gasteiger partial charge in [0, 0.05) is 11.8 Å². The van der Waals surface area contributed by atoms with Gasteiger partial charge in [-0.15, -0.1) is 0 Å². The van der Waals surface area contributed by atoms with Crippen LogP contribution in [0.5, 0.6) is 5.75 Å². The van der Waals surface area contributed by atoms with E-state index in [2.05, 4.69) is 0 Å². The van der Waals surface area contributed by atoms with E-state index in [0.29, 0.717) is 0 Å². The number of allylic oxidation sites excluding steroid dienone is 2. The van der Waals surface area contributed by atoms with Crippen LogP contribution in [0.15, 0.2) is 30.3 Å². The van der Waals surface area contributed by atoms with Gasteiger partial charge in [-0.2, -0.15) is 0 Å². The van der Waals surface area contributed by atoms with Crippen LogP contribution in [0, 0.1) is 5.41 Å². The Hall–Kier alpha value is -1.57. The van der Waals surface area contributed by atoms with Gasteiger partial charge in [0.05, 0.1) is 7.11 Å². The van der Waals surface area contributed by atoms with E-state index in [4.69, 9.17) is 10.1 Å². The molecule has 68 valence electrons. The third-order valence-electron chi connectivity index (χ3n) is 1.88. The van der Waals surface area contributed by atoms with E-state index in [-0.39, 0.29) is 0 Å². The van der Waals surface area contributed by atoms with Crippen LogP contribution in [0.25, 0.3) is 5.57 Å². The molecule has 1 N–H and O–H groups in total. The van der Waals surface area contributed by atoms with Crippen molar-refractivity contribution in [2.75, 3.05) is 7.11 Å². The molecule has 2 nitrogen and oxygen atoms in total. The highest BCUT2D eigenvalue weighted by molar-refractivity contribution is 6.09. The highest BCUT2D eigenvalue weighted by Crippen LogP contribution is 2.23. The molecule has 0 bridgehead atoms. The maximum atomic E-state index is 7.22. The van der Waals surface area contributed by atoms with Crippen LogP contribution in [0.4, 0.5) is 0 Å². The van der Waals surface area contributed by atoms with Gasteiger partial charge < -0.3 is 10.1 Å². The molecule has 2 heteroatoms. The second kappa shape index (κ2) is 4.45. The first-order chi connectivity index (χ1) is 6.33. The Morgan fingerprint density at radius 3 is 2.62 bits per heavy atom. The minimum Gasteiger partial charge on any atom is -0.496 e. The van der Waals surface area contributed by atoms with Crippen LogP contribution >= 0.6 is 0 Å². The lowest BCUT2D eigenvalue weighted by molar-refractivity contribution is 0.413. The summed E-state index contributed by atoms with van der Waals surface area (Å²) >= 11 is 0. The maximum Gasteiger partial charge on any atom is 0.126 e. The molecule has 1 rings (SSSR count). The van der Waals surface area contributed by atoms with Gasteiger partial charge in [0.2, 0.25) is 0 Å². The predicted molar refractivity (Wildman–Crippen MR) is 55.4 cm³/mol. The normalized spacial score (nSPS) is 11.1. The molecule has 0 saturated heterocycles. The molecule has 0 aromatic heterocycles. The monoisotopic (exact) mass is 175 g/mol. The van der Waals surface area contributed by atoms with Crippen molar-refractivity contribution in [1.29, 1.82) is 5.41 Å². The van der Waals surface area contributed by atoms with Gasteiger partial charge in [-0.3, -0.25) is 0 Å². The maximum absolute atomic E-state index is 7.22. The molecule has 0 heterocycles. The van der Waals surface area contributed by atoms with Crippen molar-refractivity contribution < 1.29 is 4.74 Å². The molecule has 0 aliphatic carbocycles. The number of benzene rings is 1. The molecule has 0 saturated carbocycles. The Bertz CT molecular complexity index is 329. The van der Waals surface area contributed by atoms with E-state index in [1.807, 2.05) is 37.3 Å². The van der Waals surface area contributed by atoms with Crippen LogP contribution < -0.4 is 4.74 Å². The molecule has 0 fully saturated rings. The van der Waals surface area contributed by atoms with Gasteiger partial charge in [0.1, 0.15) is 5.75 Å². The van der Waals surface area contributed by atoms with Crippen LogP contribution in [0.1, 0.15) is 12.5 Å². The van der Waals surface area contributed by atoms with Gasteiger partial charge in [0.15, 0.2) is 0 Å². The zero-order valence-corrected chi connectivity index (χ0v) is 7.87. The zero-order chi connectivity index (χ0) is 9.68. The van der Waals surface area contributed by atoms with Gasteiger partial charge in [0.25, 0.3) is 0 Å². The SMILES string of the molecule is C/C=C(\C=N)c1ccccc1OC. The number of nitrogens with one attached hydrogen (secondary N) is 1. The summed E-state index contributed by atoms with van der Waals surface area (Å²) in [6.07, 6.45) is 3.22. The zero-order valence-electron chi connectivity index (χ0n) is 7.87. The molecule has 0 amide bonds. The number of para-hydroxylation sites is 1. The lowest BCUT2D eigenvalue weighted by Crippen LogP contribution is -1.91. The smallest absolute Gasteiger partial charge is 0.126 e. The number of hydrogen-bond donors (Lipinski definition) is 1. The predicted octanol–water partition coefficient (Wildman–Crippen LogP) is 2.75. The van der Waals surface area contributed by atoms with Gasteiger partial charge in [-0.1, -0.05) is 24.3 Å². The van der Waals surface area contributed by atoms with Gasteiger partial charge >= 0.3 is 0 Å². The van der Waals surface area contributed by atoms with Crippen molar-refractivity contribution in [2.45, 2.75) is 6.92 Å². The topological polar surface area (TPSA) is 33.1 Å². The van der Waals surface area contributed by atoms with E-state index in [0.717, 1.165) is 16.9 Å². The Morgan fingerprint density at radius 1 is 1.38 bits per heavy atom. The third-order valence-corrected chi connectivity index (χ3v) is 1.88. The third kappa shape index (κ3) is 1.96. The molecule has 0 radical (unpaired) electrons. The molecular formula is C11H13NO. The molecule has 0 aliphatic rings. The van der Waals surface area contributed by atoms with Crippen LogP contribution in [0.3, 0.4) is 0 Å². The second-order valence-corrected chi connectivity index (χ2v) is 2.59. The quantitative estimate of drug-likeness (QED) is 0.704. The van der Waals surface area contributed by atoms with Crippen molar-refractivity contribution in [2.24, 2.45) is 0 Å².